The molecule has 5 nitrogen and oxygen atoms in total. The Hall–Kier alpha value is -1.85. The average Bonchev–Trinajstić information content (AvgIpc) is 3.29. The number of nitrogens with one attached hydrogen (secondary N) is 1. The third-order valence-corrected chi connectivity index (χ3v) is 5.20. The molecule has 1 aliphatic carbocycles. The predicted octanol–water partition coefficient (Wildman–Crippen LogP) is 3.31. The van der Waals surface area contributed by atoms with E-state index in [0.717, 1.165) is 36.8 Å². The van der Waals surface area contributed by atoms with E-state index in [0.29, 0.717) is 24.7 Å². The number of halogens is 1. The largest absolute Gasteiger partial charge is 0.383 e. The van der Waals surface area contributed by atoms with E-state index in [9.17, 15) is 4.79 Å². The zero-order chi connectivity index (χ0) is 17.7. The monoisotopic (exact) mass is 361 g/mol. The summed E-state index contributed by atoms with van der Waals surface area (Å²) >= 11 is 6.00. The van der Waals surface area contributed by atoms with Gasteiger partial charge < -0.3 is 10.1 Å². The molecule has 0 radical (unpaired) electrons. The highest BCUT2D eigenvalue weighted by Gasteiger charge is 2.42. The van der Waals surface area contributed by atoms with Gasteiger partial charge in [0.05, 0.1) is 24.8 Å². The molecule has 1 heterocycles. The van der Waals surface area contributed by atoms with Crippen LogP contribution in [-0.2, 0) is 28.0 Å². The molecule has 6 heteroatoms. The molecule has 0 bridgehead atoms. The lowest BCUT2D eigenvalue weighted by Crippen LogP contribution is -2.42. The van der Waals surface area contributed by atoms with E-state index < -0.39 is 5.41 Å². The van der Waals surface area contributed by atoms with Gasteiger partial charge in [0.25, 0.3) is 0 Å². The van der Waals surface area contributed by atoms with Crippen LogP contribution in [-0.4, -0.2) is 29.4 Å². The number of amides is 1. The number of aromatic nitrogens is 2. The molecule has 1 aliphatic rings. The smallest absolute Gasteiger partial charge is 0.230 e. The first-order chi connectivity index (χ1) is 12.1. The maximum Gasteiger partial charge on any atom is 0.230 e. The molecule has 0 unspecified atom stereocenters. The van der Waals surface area contributed by atoms with Crippen LogP contribution in [0, 0.1) is 0 Å². The number of hydrogen-bond acceptors (Lipinski definition) is 3. The number of benzene rings is 1. The maximum atomic E-state index is 13.0. The lowest BCUT2D eigenvalue weighted by molar-refractivity contribution is -0.126. The fourth-order valence-corrected chi connectivity index (χ4v) is 3.68. The lowest BCUT2D eigenvalue weighted by Gasteiger charge is -2.28. The van der Waals surface area contributed by atoms with Crippen LogP contribution in [0.1, 0.15) is 36.8 Å². The minimum absolute atomic E-state index is 0.0944. The molecule has 1 fully saturated rings. The van der Waals surface area contributed by atoms with Gasteiger partial charge in [-0.05, 0) is 30.5 Å². The topological polar surface area (TPSA) is 56.1 Å². The van der Waals surface area contributed by atoms with E-state index in [1.165, 1.54) is 0 Å². The number of carbonyl (C=O) groups excluding carboxylic acids is 1. The van der Waals surface area contributed by atoms with Crippen molar-refractivity contribution in [1.82, 2.24) is 15.1 Å². The number of nitrogens with zero attached hydrogens (tertiary/aromatic N) is 2. The van der Waals surface area contributed by atoms with Crippen LogP contribution in [0.5, 0.6) is 0 Å². The number of ether oxygens (including phenoxy) is 1. The first-order valence-electron chi connectivity index (χ1n) is 8.69. The van der Waals surface area contributed by atoms with Crippen molar-refractivity contribution in [3.05, 3.63) is 52.8 Å². The Morgan fingerprint density at radius 1 is 1.32 bits per heavy atom. The molecule has 0 atom stereocenters. The Bertz CT molecular complexity index is 706. The molecule has 3 rings (SSSR count). The summed E-state index contributed by atoms with van der Waals surface area (Å²) in [5.41, 5.74) is 1.62. The van der Waals surface area contributed by atoms with Crippen molar-refractivity contribution in [3.8, 4) is 0 Å². The fourth-order valence-electron chi connectivity index (χ4n) is 3.55. The summed E-state index contributed by atoms with van der Waals surface area (Å²) in [5, 5.41) is 8.09. The van der Waals surface area contributed by atoms with Crippen LogP contribution < -0.4 is 5.32 Å². The van der Waals surface area contributed by atoms with E-state index in [2.05, 4.69) is 10.4 Å². The Morgan fingerprint density at radius 3 is 2.72 bits per heavy atom. The maximum absolute atomic E-state index is 13.0. The van der Waals surface area contributed by atoms with Crippen LogP contribution >= 0.6 is 11.6 Å². The highest BCUT2D eigenvalue weighted by Crippen LogP contribution is 2.41. The second kappa shape index (κ2) is 8.02. The standard InChI is InChI=1S/C19H24ClN3O2/c1-25-11-10-23-14-15(13-22-23)12-21-18(24)19(8-2-3-9-19)16-4-6-17(20)7-5-16/h4-7,13-14H,2-3,8-12H2,1H3,(H,21,24). The molecule has 1 amide bonds. The molecule has 0 aliphatic heterocycles. The van der Waals surface area contributed by atoms with E-state index >= 15 is 0 Å². The van der Waals surface area contributed by atoms with Crippen LogP contribution in [0.4, 0.5) is 0 Å². The van der Waals surface area contributed by atoms with E-state index in [-0.39, 0.29) is 5.91 Å². The number of rotatable bonds is 7. The average molecular weight is 362 g/mol. The quantitative estimate of drug-likeness (QED) is 0.823. The van der Waals surface area contributed by atoms with E-state index in [1.807, 2.05) is 35.1 Å². The van der Waals surface area contributed by atoms with Gasteiger partial charge in [0, 0.05) is 30.4 Å². The Morgan fingerprint density at radius 2 is 2.04 bits per heavy atom. The molecule has 25 heavy (non-hydrogen) atoms. The second-order valence-electron chi connectivity index (χ2n) is 6.58. The van der Waals surface area contributed by atoms with Gasteiger partial charge >= 0.3 is 0 Å². The molecule has 1 aromatic carbocycles. The first-order valence-corrected chi connectivity index (χ1v) is 9.06. The van der Waals surface area contributed by atoms with Crippen molar-refractivity contribution in [1.29, 1.82) is 0 Å². The Balaban J connectivity index is 1.67. The minimum atomic E-state index is -0.434. The van der Waals surface area contributed by atoms with Gasteiger partial charge in [-0.2, -0.15) is 5.10 Å². The summed E-state index contributed by atoms with van der Waals surface area (Å²) in [7, 11) is 1.67. The number of hydrogen-bond donors (Lipinski definition) is 1. The highest BCUT2D eigenvalue weighted by molar-refractivity contribution is 6.30. The predicted molar refractivity (Wildman–Crippen MR) is 97.5 cm³/mol. The zero-order valence-electron chi connectivity index (χ0n) is 14.5. The van der Waals surface area contributed by atoms with Crippen molar-refractivity contribution in [2.45, 2.75) is 44.2 Å². The summed E-state index contributed by atoms with van der Waals surface area (Å²) in [6.07, 6.45) is 7.65. The van der Waals surface area contributed by atoms with Gasteiger partial charge in [-0.15, -0.1) is 0 Å². The summed E-state index contributed by atoms with van der Waals surface area (Å²) in [6, 6.07) is 7.69. The lowest BCUT2D eigenvalue weighted by atomic mass is 9.78. The van der Waals surface area contributed by atoms with E-state index in [1.54, 1.807) is 13.3 Å². The van der Waals surface area contributed by atoms with Crippen LogP contribution in [0.15, 0.2) is 36.7 Å². The van der Waals surface area contributed by atoms with Gasteiger partial charge in [-0.1, -0.05) is 36.6 Å². The third-order valence-electron chi connectivity index (χ3n) is 4.95. The first kappa shape index (κ1) is 18.0. The molecule has 1 aromatic heterocycles. The molecule has 134 valence electrons. The van der Waals surface area contributed by atoms with Crippen molar-refractivity contribution in [3.63, 3.8) is 0 Å². The van der Waals surface area contributed by atoms with Crippen LogP contribution in [0.3, 0.4) is 0 Å². The number of methoxy groups -OCH3 is 1. The third kappa shape index (κ3) is 4.05. The molecule has 2 aromatic rings. The zero-order valence-corrected chi connectivity index (χ0v) is 15.3. The molecule has 0 saturated heterocycles. The fraction of sp³-hybridized carbons (Fsp3) is 0.474. The summed E-state index contributed by atoms with van der Waals surface area (Å²) < 4.78 is 6.88. The van der Waals surface area contributed by atoms with Gasteiger partial charge in [0.2, 0.25) is 5.91 Å². The van der Waals surface area contributed by atoms with Crippen LogP contribution in [0.2, 0.25) is 5.02 Å². The summed E-state index contributed by atoms with van der Waals surface area (Å²) in [5.74, 6) is 0.0944. The Kier molecular flexibility index (Phi) is 5.76. The molecule has 1 saturated carbocycles. The molecular weight excluding hydrogens is 338 g/mol. The normalized spacial score (nSPS) is 16.1. The molecule has 1 N–H and O–H groups in total. The van der Waals surface area contributed by atoms with Crippen molar-refractivity contribution in [2.75, 3.05) is 13.7 Å². The second-order valence-corrected chi connectivity index (χ2v) is 7.02. The van der Waals surface area contributed by atoms with Crippen molar-refractivity contribution in [2.24, 2.45) is 0 Å². The highest BCUT2D eigenvalue weighted by atomic mass is 35.5. The van der Waals surface area contributed by atoms with E-state index in [4.69, 9.17) is 16.3 Å². The van der Waals surface area contributed by atoms with Gasteiger partial charge in [0.15, 0.2) is 0 Å². The molecular formula is C19H24ClN3O2. The van der Waals surface area contributed by atoms with Crippen molar-refractivity contribution >= 4 is 17.5 Å². The Labute approximate surface area is 153 Å². The molecule has 0 spiro atoms. The number of carbonyl (C=O) groups is 1. The van der Waals surface area contributed by atoms with Gasteiger partial charge in [0.1, 0.15) is 0 Å². The minimum Gasteiger partial charge on any atom is -0.383 e. The SMILES string of the molecule is COCCn1cc(CNC(=O)C2(c3ccc(Cl)cc3)CCCC2)cn1. The van der Waals surface area contributed by atoms with Crippen molar-refractivity contribution < 1.29 is 9.53 Å². The summed E-state index contributed by atoms with van der Waals surface area (Å²) in [6.45, 7) is 1.81. The van der Waals surface area contributed by atoms with Crippen LogP contribution in [0.25, 0.3) is 0 Å². The van der Waals surface area contributed by atoms with Gasteiger partial charge in [-0.3, -0.25) is 9.48 Å². The van der Waals surface area contributed by atoms with Gasteiger partial charge in [-0.25, -0.2) is 0 Å². The summed E-state index contributed by atoms with van der Waals surface area (Å²) in [4.78, 5) is 13.0.